The molecule has 0 N–H and O–H groups in total. The van der Waals surface area contributed by atoms with Gasteiger partial charge in [-0.1, -0.05) is 111 Å². The first-order chi connectivity index (χ1) is 28.8. The minimum Gasteiger partial charge on any atom is -0.549 e. The SMILES string of the molecule is CC(=O)C(C(=O)[O-])C(=O)C(C(C)C)C(C)C.CC(=O)C(C(=O)[O-])C(=O)C(C(C)C)C(C)C.CC(=O)C(C(=O)[O-])C(=O)C(C(C)C)C(C)C.CC(=O)C(C(=O)[O-])C(=O)C(C(C)C)C(C)C.[Ti+4]. The summed E-state index contributed by atoms with van der Waals surface area (Å²) in [5.41, 5.74) is 0. The van der Waals surface area contributed by atoms with Crippen molar-refractivity contribution in [3.05, 3.63) is 0 Å². The molecule has 0 aromatic rings. The molecule has 0 spiro atoms. The summed E-state index contributed by atoms with van der Waals surface area (Å²) in [4.78, 5) is 136. The van der Waals surface area contributed by atoms with Gasteiger partial charge in [-0.05, 0) is 75.0 Å². The summed E-state index contributed by atoms with van der Waals surface area (Å²) in [7, 11) is 0. The Morgan fingerprint density at radius 2 is 0.338 bits per heavy atom. The van der Waals surface area contributed by atoms with Gasteiger partial charge in [0.05, 0.1) is 23.9 Å². The minimum atomic E-state index is -1.62. The Hall–Kier alpha value is -4.05. The fourth-order valence-electron chi connectivity index (χ4n) is 8.41. The Morgan fingerprint density at radius 1 is 0.246 bits per heavy atom. The largest absolute Gasteiger partial charge is 4.00 e. The molecule has 0 bridgehead atoms. The summed E-state index contributed by atoms with van der Waals surface area (Å²) in [6.07, 6.45) is 0. The summed E-state index contributed by atoms with van der Waals surface area (Å²) in [5.74, 6) is -19.2. The van der Waals surface area contributed by atoms with Crippen molar-refractivity contribution in [2.24, 2.45) is 94.7 Å². The van der Waals surface area contributed by atoms with Crippen molar-refractivity contribution in [1.82, 2.24) is 0 Å². The van der Waals surface area contributed by atoms with Crippen LogP contribution < -0.4 is 20.4 Å². The standard InChI is InChI=1S/4C12H20O4.Ti/c4*1-6(2)9(7(3)4)11(14)10(8(5)13)12(15)16;/h4*6-7,9-10H,1-5H3,(H,15,16);/q;;;;+4/p-4. The number of hydrogen-bond donors (Lipinski definition) is 0. The summed E-state index contributed by atoms with van der Waals surface area (Å²) < 4.78 is 0. The van der Waals surface area contributed by atoms with Gasteiger partial charge >= 0.3 is 21.7 Å². The van der Waals surface area contributed by atoms with Gasteiger partial charge in [0.2, 0.25) is 0 Å². The van der Waals surface area contributed by atoms with E-state index in [4.69, 9.17) is 0 Å². The average Bonchev–Trinajstić information content (AvgIpc) is 3.02. The Kier molecular flexibility index (Phi) is 35.1. The van der Waals surface area contributed by atoms with Crippen LogP contribution >= 0.6 is 0 Å². The van der Waals surface area contributed by atoms with Crippen molar-refractivity contribution < 1.29 is 99.7 Å². The third kappa shape index (κ3) is 23.8. The van der Waals surface area contributed by atoms with E-state index in [1.807, 2.05) is 111 Å². The molecule has 0 aliphatic rings. The van der Waals surface area contributed by atoms with Crippen LogP contribution in [-0.4, -0.2) is 70.1 Å². The second kappa shape index (κ2) is 32.6. The summed E-state index contributed by atoms with van der Waals surface area (Å²) in [5, 5.41) is 43.1. The van der Waals surface area contributed by atoms with Crippen molar-refractivity contribution in [1.29, 1.82) is 0 Å². The zero-order valence-corrected chi connectivity index (χ0v) is 43.8. The minimum absolute atomic E-state index is 0. The molecule has 0 aromatic carbocycles. The van der Waals surface area contributed by atoms with E-state index < -0.39 is 117 Å². The first kappa shape index (κ1) is 70.0. The number of carboxylic acid groups (broad SMARTS) is 4. The molecule has 17 heteroatoms. The van der Waals surface area contributed by atoms with Gasteiger partial charge in [-0.3, -0.25) is 38.4 Å². The molecule has 0 radical (unpaired) electrons. The second-order valence-corrected chi connectivity index (χ2v) is 19.1. The van der Waals surface area contributed by atoms with Crippen LogP contribution in [0.25, 0.3) is 0 Å². The third-order valence-corrected chi connectivity index (χ3v) is 10.8. The van der Waals surface area contributed by atoms with E-state index in [0.29, 0.717) is 0 Å². The Morgan fingerprint density at radius 3 is 0.385 bits per heavy atom. The van der Waals surface area contributed by atoms with Crippen LogP contribution in [0.4, 0.5) is 0 Å². The van der Waals surface area contributed by atoms with Gasteiger partial charge in [0.25, 0.3) is 0 Å². The van der Waals surface area contributed by atoms with E-state index in [1.54, 1.807) is 0 Å². The predicted molar refractivity (Wildman–Crippen MR) is 229 cm³/mol. The van der Waals surface area contributed by atoms with Crippen LogP contribution in [0.15, 0.2) is 0 Å². The number of Topliss-reactive ketones (excluding diaryl/α,β-unsaturated/α-hetero) is 8. The molecule has 65 heavy (non-hydrogen) atoms. The van der Waals surface area contributed by atoms with E-state index >= 15 is 0 Å². The van der Waals surface area contributed by atoms with Crippen molar-refractivity contribution >= 4 is 70.1 Å². The van der Waals surface area contributed by atoms with E-state index in [0.717, 1.165) is 27.7 Å². The number of rotatable bonds is 24. The molecule has 0 saturated carbocycles. The van der Waals surface area contributed by atoms with Gasteiger partial charge in [0.1, 0.15) is 46.8 Å². The molecule has 0 heterocycles. The van der Waals surface area contributed by atoms with Crippen LogP contribution in [0.3, 0.4) is 0 Å². The average molecular weight is 957 g/mol. The molecular formula is C48H76O16Ti. The smallest absolute Gasteiger partial charge is 0.549 e. The second-order valence-electron chi connectivity index (χ2n) is 19.1. The number of hydrogen-bond acceptors (Lipinski definition) is 16. The number of carbonyl (C=O) groups excluding carboxylic acids is 12. The van der Waals surface area contributed by atoms with Gasteiger partial charge in [0.15, 0.2) is 23.1 Å². The maximum Gasteiger partial charge on any atom is 4.00 e. The van der Waals surface area contributed by atoms with Gasteiger partial charge < -0.3 is 39.6 Å². The maximum absolute atomic E-state index is 12.0. The zero-order valence-electron chi connectivity index (χ0n) is 42.3. The van der Waals surface area contributed by atoms with Gasteiger partial charge in [-0.25, -0.2) is 0 Å². The van der Waals surface area contributed by atoms with Gasteiger partial charge in [0, 0.05) is 23.7 Å². The molecule has 0 saturated heterocycles. The van der Waals surface area contributed by atoms with E-state index in [1.165, 1.54) is 0 Å². The van der Waals surface area contributed by atoms with Crippen LogP contribution in [0.5, 0.6) is 0 Å². The van der Waals surface area contributed by atoms with Crippen molar-refractivity contribution in [3.63, 3.8) is 0 Å². The molecule has 0 amide bonds. The Balaban J connectivity index is -0.000000245. The summed E-state index contributed by atoms with van der Waals surface area (Å²) in [6, 6.07) is 0. The van der Waals surface area contributed by atoms with E-state index in [-0.39, 0.29) is 69.1 Å². The van der Waals surface area contributed by atoms with E-state index in [9.17, 15) is 78.0 Å². The van der Waals surface area contributed by atoms with Gasteiger partial charge in [-0.2, -0.15) is 0 Å². The van der Waals surface area contributed by atoms with Crippen molar-refractivity contribution in [2.75, 3.05) is 0 Å². The predicted octanol–water partition coefficient (Wildman–Crippen LogP) is 1.75. The number of carbonyl (C=O) groups is 12. The van der Waals surface area contributed by atoms with Crippen LogP contribution in [0.2, 0.25) is 0 Å². The molecule has 0 aromatic heterocycles. The topological polar surface area (TPSA) is 297 Å². The van der Waals surface area contributed by atoms with Crippen molar-refractivity contribution in [3.8, 4) is 0 Å². The van der Waals surface area contributed by atoms with Crippen LogP contribution in [0.1, 0.15) is 138 Å². The molecule has 4 unspecified atom stereocenters. The molecule has 16 nitrogen and oxygen atoms in total. The van der Waals surface area contributed by atoms with E-state index in [2.05, 4.69) is 0 Å². The fourth-order valence-corrected chi connectivity index (χ4v) is 8.41. The number of aliphatic carboxylic acids is 4. The van der Waals surface area contributed by atoms with Crippen LogP contribution in [0, 0.1) is 94.7 Å². The molecular weight excluding hydrogens is 880 g/mol. The molecule has 0 fully saturated rings. The summed E-state index contributed by atoms with van der Waals surface area (Å²) >= 11 is 0. The first-order valence-electron chi connectivity index (χ1n) is 21.8. The monoisotopic (exact) mass is 956 g/mol. The molecule has 0 aliphatic heterocycles. The van der Waals surface area contributed by atoms with Crippen molar-refractivity contribution in [2.45, 2.75) is 138 Å². The molecule has 4 atom stereocenters. The first-order valence-corrected chi connectivity index (χ1v) is 21.8. The zero-order chi connectivity index (χ0) is 52.2. The van der Waals surface area contributed by atoms with Gasteiger partial charge in [-0.15, -0.1) is 0 Å². The summed E-state index contributed by atoms with van der Waals surface area (Å²) in [6.45, 7) is 33.9. The number of ketones is 8. The fraction of sp³-hybridized carbons (Fsp3) is 0.750. The number of carboxylic acids is 4. The quantitative estimate of drug-likeness (QED) is 0.0983. The molecule has 0 rings (SSSR count). The van der Waals surface area contributed by atoms with Crippen LogP contribution in [-0.2, 0) is 79.3 Å². The normalized spacial score (nSPS) is 13.0. The molecule has 0 aliphatic carbocycles. The third-order valence-electron chi connectivity index (χ3n) is 10.8. The molecule has 368 valence electrons. The maximum atomic E-state index is 12.0. The Labute approximate surface area is 401 Å². The Bertz CT molecular complexity index is 1330.